The highest BCUT2D eigenvalue weighted by molar-refractivity contribution is 5.92. The molecule has 0 spiro atoms. The monoisotopic (exact) mass is 389 g/mol. The van der Waals surface area contributed by atoms with E-state index < -0.39 is 4.92 Å². The Hall–Kier alpha value is -4.27. The summed E-state index contributed by atoms with van der Waals surface area (Å²) in [5, 5.41) is 15.6. The Balaban J connectivity index is 1.72. The van der Waals surface area contributed by atoms with Crippen LogP contribution in [0.4, 0.5) is 17.2 Å². The maximum Gasteiger partial charge on any atom is 0.373 e. The number of ether oxygens (including phenoxy) is 2. The molecule has 2 heterocycles. The van der Waals surface area contributed by atoms with Crippen molar-refractivity contribution in [3.8, 4) is 17.4 Å². The summed E-state index contributed by atoms with van der Waals surface area (Å²) < 4.78 is 10.7. The zero-order valence-corrected chi connectivity index (χ0v) is 15.3. The van der Waals surface area contributed by atoms with Crippen LogP contribution in [0.15, 0.2) is 67.1 Å². The number of anilines is 2. The quantitative estimate of drug-likeness (QED) is 0.379. The molecule has 9 heteroatoms. The Labute approximate surface area is 165 Å². The summed E-state index contributed by atoms with van der Waals surface area (Å²) in [6.45, 7) is 0. The smallest absolute Gasteiger partial charge is 0.373 e. The van der Waals surface area contributed by atoms with E-state index in [0.29, 0.717) is 22.7 Å². The second-order valence-corrected chi connectivity index (χ2v) is 5.92. The Morgan fingerprint density at radius 2 is 1.72 bits per heavy atom. The first kappa shape index (κ1) is 18.1. The third-order valence-corrected chi connectivity index (χ3v) is 4.13. The molecule has 0 aliphatic carbocycles. The average Bonchev–Trinajstić information content (AvgIpc) is 2.74. The zero-order chi connectivity index (χ0) is 20.2. The lowest BCUT2D eigenvalue weighted by Crippen LogP contribution is -2.04. The summed E-state index contributed by atoms with van der Waals surface area (Å²) in [4.78, 5) is 23.5. The summed E-state index contributed by atoms with van der Waals surface area (Å²) in [6, 6.07) is 15.9. The summed E-state index contributed by atoms with van der Waals surface area (Å²) in [6.07, 6.45) is 2.85. The van der Waals surface area contributed by atoms with E-state index in [2.05, 4.69) is 20.3 Å². The molecule has 1 N–H and O–H groups in total. The number of rotatable bonds is 6. The number of hydrogen-bond donors (Lipinski definition) is 1. The average molecular weight is 389 g/mol. The van der Waals surface area contributed by atoms with E-state index in [1.165, 1.54) is 6.33 Å². The first-order valence-electron chi connectivity index (χ1n) is 8.58. The third kappa shape index (κ3) is 3.74. The topological polar surface area (TPSA) is 112 Å². The molecule has 2 aromatic heterocycles. The highest BCUT2D eigenvalue weighted by Crippen LogP contribution is 2.36. The van der Waals surface area contributed by atoms with Crippen molar-refractivity contribution in [2.24, 2.45) is 0 Å². The van der Waals surface area contributed by atoms with Crippen molar-refractivity contribution in [3.05, 3.63) is 77.2 Å². The summed E-state index contributed by atoms with van der Waals surface area (Å²) >= 11 is 0. The van der Waals surface area contributed by atoms with E-state index in [1.807, 2.05) is 24.3 Å². The zero-order valence-electron chi connectivity index (χ0n) is 15.3. The second-order valence-electron chi connectivity index (χ2n) is 5.92. The molecule has 0 aliphatic rings. The van der Waals surface area contributed by atoms with Gasteiger partial charge in [0, 0.05) is 11.6 Å². The molecule has 2 aromatic carbocycles. The fraction of sp³-hybridized carbons (Fsp3) is 0.0500. The van der Waals surface area contributed by atoms with E-state index in [-0.39, 0.29) is 17.4 Å². The van der Waals surface area contributed by atoms with Crippen molar-refractivity contribution in [3.63, 3.8) is 0 Å². The van der Waals surface area contributed by atoms with Crippen molar-refractivity contribution in [1.82, 2.24) is 15.0 Å². The lowest BCUT2D eigenvalue weighted by atomic mass is 10.2. The number of methoxy groups -OCH3 is 1. The molecule has 0 amide bonds. The molecule has 4 aromatic rings. The fourth-order valence-corrected chi connectivity index (χ4v) is 2.78. The minimum atomic E-state index is -0.584. The standard InChI is InChI=1S/C20H15N5O4/c1-28-14-7-9-15(10-8-14)29-20-18(25(26)27)19(22-12-23-20)24-16-6-2-4-13-5-3-11-21-17(13)16/h2-12H,1H3,(H,22,23,24). The van der Waals surface area contributed by atoms with Gasteiger partial charge in [-0.3, -0.25) is 15.1 Å². The number of fused-ring (bicyclic) bond motifs is 1. The number of aromatic nitrogens is 3. The van der Waals surface area contributed by atoms with Gasteiger partial charge in [-0.15, -0.1) is 0 Å². The van der Waals surface area contributed by atoms with Crippen molar-refractivity contribution < 1.29 is 14.4 Å². The van der Waals surface area contributed by atoms with Crippen LogP contribution in [-0.4, -0.2) is 27.0 Å². The Morgan fingerprint density at radius 1 is 0.966 bits per heavy atom. The molecule has 0 bridgehead atoms. The molecule has 0 radical (unpaired) electrons. The largest absolute Gasteiger partial charge is 0.497 e. The van der Waals surface area contributed by atoms with Crippen molar-refractivity contribution in [2.75, 3.05) is 12.4 Å². The van der Waals surface area contributed by atoms with E-state index in [9.17, 15) is 10.1 Å². The summed E-state index contributed by atoms with van der Waals surface area (Å²) in [5.41, 5.74) is 0.872. The Bertz CT molecular complexity index is 1180. The van der Waals surface area contributed by atoms with Crippen LogP contribution in [0.2, 0.25) is 0 Å². The highest BCUT2D eigenvalue weighted by atomic mass is 16.6. The van der Waals surface area contributed by atoms with Crippen LogP contribution >= 0.6 is 0 Å². The van der Waals surface area contributed by atoms with Crippen LogP contribution in [0, 0.1) is 10.1 Å². The summed E-state index contributed by atoms with van der Waals surface area (Å²) in [5.74, 6) is 0.850. The number of nitrogens with one attached hydrogen (secondary N) is 1. The number of benzene rings is 2. The van der Waals surface area contributed by atoms with Gasteiger partial charge in [0.1, 0.15) is 17.8 Å². The predicted octanol–water partition coefficient (Wildman–Crippen LogP) is 4.48. The fourth-order valence-electron chi connectivity index (χ4n) is 2.78. The van der Waals surface area contributed by atoms with Crippen LogP contribution in [0.3, 0.4) is 0 Å². The van der Waals surface area contributed by atoms with E-state index in [1.54, 1.807) is 43.6 Å². The molecule has 0 fully saturated rings. The molecule has 0 saturated carbocycles. The van der Waals surface area contributed by atoms with Crippen LogP contribution in [0.5, 0.6) is 17.4 Å². The molecule has 4 rings (SSSR count). The van der Waals surface area contributed by atoms with Crippen molar-refractivity contribution in [2.45, 2.75) is 0 Å². The van der Waals surface area contributed by atoms with Gasteiger partial charge >= 0.3 is 11.6 Å². The van der Waals surface area contributed by atoms with Crippen LogP contribution < -0.4 is 14.8 Å². The van der Waals surface area contributed by atoms with Crippen LogP contribution in [-0.2, 0) is 0 Å². The number of nitro groups is 1. The van der Waals surface area contributed by atoms with Gasteiger partial charge in [0.25, 0.3) is 0 Å². The molecule has 0 unspecified atom stereocenters. The molecule has 144 valence electrons. The van der Waals surface area contributed by atoms with Gasteiger partial charge in [-0.2, -0.15) is 4.98 Å². The molecular formula is C20H15N5O4. The summed E-state index contributed by atoms with van der Waals surface area (Å²) in [7, 11) is 1.55. The highest BCUT2D eigenvalue weighted by Gasteiger charge is 2.25. The molecule has 0 saturated heterocycles. The van der Waals surface area contributed by atoms with Gasteiger partial charge in [0.2, 0.25) is 5.82 Å². The normalized spacial score (nSPS) is 10.5. The van der Waals surface area contributed by atoms with Gasteiger partial charge in [-0.25, -0.2) is 4.98 Å². The predicted molar refractivity (Wildman–Crippen MR) is 107 cm³/mol. The van der Waals surface area contributed by atoms with Gasteiger partial charge < -0.3 is 14.8 Å². The molecular weight excluding hydrogens is 374 g/mol. The molecule has 29 heavy (non-hydrogen) atoms. The first-order chi connectivity index (χ1) is 14.2. The van der Waals surface area contributed by atoms with E-state index >= 15 is 0 Å². The number of hydrogen-bond acceptors (Lipinski definition) is 8. The minimum Gasteiger partial charge on any atom is -0.497 e. The maximum atomic E-state index is 11.8. The van der Waals surface area contributed by atoms with E-state index in [0.717, 1.165) is 5.39 Å². The van der Waals surface area contributed by atoms with Gasteiger partial charge in [0.15, 0.2) is 0 Å². The van der Waals surface area contributed by atoms with Crippen molar-refractivity contribution in [1.29, 1.82) is 0 Å². The van der Waals surface area contributed by atoms with E-state index in [4.69, 9.17) is 9.47 Å². The Morgan fingerprint density at radius 3 is 2.48 bits per heavy atom. The van der Waals surface area contributed by atoms with Crippen molar-refractivity contribution >= 4 is 28.1 Å². The first-order valence-corrected chi connectivity index (χ1v) is 8.58. The van der Waals surface area contributed by atoms with Crippen LogP contribution in [0.25, 0.3) is 10.9 Å². The lowest BCUT2D eigenvalue weighted by Gasteiger charge is -2.11. The molecule has 9 nitrogen and oxygen atoms in total. The number of para-hydroxylation sites is 1. The minimum absolute atomic E-state index is 0.00617. The second kappa shape index (κ2) is 7.77. The maximum absolute atomic E-state index is 11.8. The van der Waals surface area contributed by atoms with Gasteiger partial charge in [-0.1, -0.05) is 18.2 Å². The third-order valence-electron chi connectivity index (χ3n) is 4.13. The number of nitrogens with zero attached hydrogens (tertiary/aromatic N) is 4. The molecule has 0 atom stereocenters. The van der Waals surface area contributed by atoms with Crippen LogP contribution in [0.1, 0.15) is 0 Å². The van der Waals surface area contributed by atoms with Gasteiger partial charge in [-0.05, 0) is 36.4 Å². The Kier molecular flexibility index (Phi) is 4.85. The van der Waals surface area contributed by atoms with Gasteiger partial charge in [0.05, 0.1) is 23.2 Å². The SMILES string of the molecule is COc1ccc(Oc2ncnc(Nc3cccc4cccnc34)c2[N+](=O)[O-])cc1. The molecule has 0 aliphatic heterocycles. The lowest BCUT2D eigenvalue weighted by molar-refractivity contribution is -0.385. The number of pyridine rings is 1.